The molecule has 5 nitrogen and oxygen atoms in total. The smallest absolute Gasteiger partial charge is 0.224 e. The van der Waals surface area contributed by atoms with E-state index in [4.69, 9.17) is 0 Å². The van der Waals surface area contributed by atoms with Gasteiger partial charge in [0.2, 0.25) is 5.91 Å². The zero-order valence-electron chi connectivity index (χ0n) is 17.0. The first-order valence-electron chi connectivity index (χ1n) is 10.4. The van der Waals surface area contributed by atoms with Crippen LogP contribution in [0.4, 0.5) is 0 Å². The summed E-state index contributed by atoms with van der Waals surface area (Å²) in [6.07, 6.45) is 3.27. The highest BCUT2D eigenvalue weighted by atomic mass is 16.1. The third-order valence-electron chi connectivity index (χ3n) is 5.55. The van der Waals surface area contributed by atoms with Gasteiger partial charge >= 0.3 is 0 Å². The molecule has 2 heterocycles. The van der Waals surface area contributed by atoms with Gasteiger partial charge in [-0.2, -0.15) is 0 Å². The Morgan fingerprint density at radius 3 is 2.48 bits per heavy atom. The number of nitrogens with zero attached hydrogens (tertiary/aromatic N) is 3. The summed E-state index contributed by atoms with van der Waals surface area (Å²) >= 11 is 0. The normalized spacial score (nSPS) is 26.9. The standard InChI is InChI=1S/C20H40N4O/c1-5-6-7-21-20(25)19-12-18(15-24(16-19)13-17(2)3)14-23-10-8-22(4)9-11-23/h17-19H,5-16H2,1-4H3,(H,21,25)/t18-,19-/m1/s1. The Hall–Kier alpha value is -0.650. The summed E-state index contributed by atoms with van der Waals surface area (Å²) in [5.41, 5.74) is 0. The van der Waals surface area contributed by atoms with Crippen molar-refractivity contribution in [1.29, 1.82) is 0 Å². The van der Waals surface area contributed by atoms with Gasteiger partial charge in [-0.15, -0.1) is 0 Å². The molecule has 0 aromatic rings. The highest BCUT2D eigenvalue weighted by Gasteiger charge is 2.32. The van der Waals surface area contributed by atoms with Crippen molar-refractivity contribution in [3.8, 4) is 0 Å². The van der Waals surface area contributed by atoms with Crippen LogP contribution in [-0.4, -0.2) is 86.6 Å². The van der Waals surface area contributed by atoms with Crippen LogP contribution in [0.5, 0.6) is 0 Å². The van der Waals surface area contributed by atoms with Crippen LogP contribution in [0.25, 0.3) is 0 Å². The van der Waals surface area contributed by atoms with Crippen molar-refractivity contribution in [1.82, 2.24) is 20.0 Å². The first-order valence-corrected chi connectivity index (χ1v) is 10.4. The molecule has 0 aromatic carbocycles. The zero-order chi connectivity index (χ0) is 18.2. The number of hydrogen-bond donors (Lipinski definition) is 1. The van der Waals surface area contributed by atoms with Crippen LogP contribution in [0.2, 0.25) is 0 Å². The van der Waals surface area contributed by atoms with Crippen LogP contribution in [0.15, 0.2) is 0 Å². The summed E-state index contributed by atoms with van der Waals surface area (Å²) < 4.78 is 0. The molecule has 0 aliphatic carbocycles. The highest BCUT2D eigenvalue weighted by Crippen LogP contribution is 2.24. The molecule has 2 saturated heterocycles. The number of carbonyl (C=O) groups excluding carboxylic acids is 1. The van der Waals surface area contributed by atoms with E-state index in [1.165, 1.54) is 26.2 Å². The fourth-order valence-corrected chi connectivity index (χ4v) is 4.22. The first kappa shape index (κ1) is 20.7. The van der Waals surface area contributed by atoms with Crippen molar-refractivity contribution in [3.63, 3.8) is 0 Å². The van der Waals surface area contributed by atoms with Crippen molar-refractivity contribution in [3.05, 3.63) is 0 Å². The van der Waals surface area contributed by atoms with E-state index in [2.05, 4.69) is 47.8 Å². The van der Waals surface area contributed by atoms with E-state index in [9.17, 15) is 4.79 Å². The summed E-state index contributed by atoms with van der Waals surface area (Å²) in [6, 6.07) is 0. The molecule has 0 unspecified atom stereocenters. The molecule has 1 amide bonds. The van der Waals surface area contributed by atoms with Crippen LogP contribution in [0, 0.1) is 17.8 Å². The molecule has 5 heteroatoms. The lowest BCUT2D eigenvalue weighted by Gasteiger charge is -2.41. The number of piperazine rings is 1. The van der Waals surface area contributed by atoms with Gasteiger partial charge in [-0.25, -0.2) is 0 Å². The minimum Gasteiger partial charge on any atom is -0.356 e. The number of likely N-dealkylation sites (tertiary alicyclic amines) is 1. The van der Waals surface area contributed by atoms with Gasteiger partial charge in [-0.3, -0.25) is 4.79 Å². The Morgan fingerprint density at radius 2 is 1.84 bits per heavy atom. The SMILES string of the molecule is CCCCNC(=O)[C@@H]1C[C@H](CN2CCN(C)CC2)CN(CC(C)C)C1. The molecule has 146 valence electrons. The van der Waals surface area contributed by atoms with Crippen LogP contribution in [0.1, 0.15) is 40.0 Å². The second-order valence-electron chi connectivity index (χ2n) is 8.66. The maximum atomic E-state index is 12.6. The van der Waals surface area contributed by atoms with Gasteiger partial charge in [0, 0.05) is 58.9 Å². The van der Waals surface area contributed by atoms with E-state index in [1.807, 2.05) is 0 Å². The van der Waals surface area contributed by atoms with Gasteiger partial charge in [0.25, 0.3) is 0 Å². The van der Waals surface area contributed by atoms with E-state index in [-0.39, 0.29) is 11.8 Å². The third-order valence-corrected chi connectivity index (χ3v) is 5.55. The lowest BCUT2D eigenvalue weighted by molar-refractivity contribution is -0.127. The first-order chi connectivity index (χ1) is 12.0. The number of rotatable bonds is 8. The van der Waals surface area contributed by atoms with Gasteiger partial charge in [0.15, 0.2) is 0 Å². The summed E-state index contributed by atoms with van der Waals surface area (Å²) in [7, 11) is 2.21. The average molecular weight is 353 g/mol. The summed E-state index contributed by atoms with van der Waals surface area (Å²) in [4.78, 5) is 20.2. The molecule has 0 spiro atoms. The predicted octanol–water partition coefficient (Wildman–Crippen LogP) is 1.74. The van der Waals surface area contributed by atoms with Crippen molar-refractivity contribution in [2.24, 2.45) is 17.8 Å². The summed E-state index contributed by atoms with van der Waals surface area (Å²) in [5.74, 6) is 1.73. The summed E-state index contributed by atoms with van der Waals surface area (Å²) in [6.45, 7) is 16.6. The van der Waals surface area contributed by atoms with Crippen LogP contribution in [-0.2, 0) is 4.79 Å². The Balaban J connectivity index is 1.89. The minimum atomic E-state index is 0.168. The monoisotopic (exact) mass is 352 g/mol. The van der Waals surface area contributed by atoms with Crippen molar-refractivity contribution in [2.75, 3.05) is 66.0 Å². The maximum Gasteiger partial charge on any atom is 0.224 e. The quantitative estimate of drug-likeness (QED) is 0.676. The number of carbonyl (C=O) groups is 1. The number of piperidine rings is 1. The molecule has 2 aliphatic heterocycles. The summed E-state index contributed by atoms with van der Waals surface area (Å²) in [5, 5.41) is 3.17. The van der Waals surface area contributed by atoms with Gasteiger partial charge in [-0.1, -0.05) is 27.2 Å². The Kier molecular flexibility index (Phi) is 8.67. The molecule has 25 heavy (non-hydrogen) atoms. The molecule has 2 fully saturated rings. The predicted molar refractivity (Wildman–Crippen MR) is 105 cm³/mol. The molecule has 2 atom stereocenters. The molecule has 1 N–H and O–H groups in total. The number of hydrogen-bond acceptors (Lipinski definition) is 4. The molecule has 0 bridgehead atoms. The number of amides is 1. The largest absolute Gasteiger partial charge is 0.356 e. The number of nitrogens with one attached hydrogen (secondary N) is 1. The zero-order valence-corrected chi connectivity index (χ0v) is 17.0. The van der Waals surface area contributed by atoms with E-state index >= 15 is 0 Å². The van der Waals surface area contributed by atoms with Crippen molar-refractivity contribution in [2.45, 2.75) is 40.0 Å². The molecular formula is C20H40N4O. The van der Waals surface area contributed by atoms with Crippen LogP contribution in [0.3, 0.4) is 0 Å². The van der Waals surface area contributed by atoms with E-state index in [1.54, 1.807) is 0 Å². The van der Waals surface area contributed by atoms with E-state index < -0.39 is 0 Å². The highest BCUT2D eigenvalue weighted by molar-refractivity contribution is 5.79. The topological polar surface area (TPSA) is 38.8 Å². The van der Waals surface area contributed by atoms with Crippen LogP contribution >= 0.6 is 0 Å². The molecule has 0 saturated carbocycles. The molecular weight excluding hydrogens is 312 g/mol. The molecule has 0 aromatic heterocycles. The second kappa shape index (κ2) is 10.5. The lowest BCUT2D eigenvalue weighted by Crippen LogP contribution is -2.52. The fraction of sp³-hybridized carbons (Fsp3) is 0.950. The molecule has 0 radical (unpaired) electrons. The fourth-order valence-electron chi connectivity index (χ4n) is 4.22. The average Bonchev–Trinajstić information content (AvgIpc) is 2.56. The van der Waals surface area contributed by atoms with Gasteiger partial charge in [-0.05, 0) is 31.7 Å². The van der Waals surface area contributed by atoms with E-state index in [0.29, 0.717) is 11.8 Å². The number of unbranched alkanes of at least 4 members (excludes halogenated alkanes) is 1. The third kappa shape index (κ3) is 7.24. The van der Waals surface area contributed by atoms with Gasteiger partial charge in [0.1, 0.15) is 0 Å². The van der Waals surface area contributed by atoms with Crippen LogP contribution < -0.4 is 5.32 Å². The lowest BCUT2D eigenvalue weighted by atomic mass is 9.87. The van der Waals surface area contributed by atoms with E-state index in [0.717, 1.165) is 52.0 Å². The Morgan fingerprint density at radius 1 is 1.12 bits per heavy atom. The second-order valence-corrected chi connectivity index (χ2v) is 8.66. The number of likely N-dealkylation sites (N-methyl/N-ethyl adjacent to an activating group) is 1. The molecule has 2 rings (SSSR count). The minimum absolute atomic E-state index is 0.168. The Bertz CT molecular complexity index is 393. The van der Waals surface area contributed by atoms with Gasteiger partial charge in [0.05, 0.1) is 5.92 Å². The maximum absolute atomic E-state index is 12.6. The Labute approximate surface area is 155 Å². The van der Waals surface area contributed by atoms with Gasteiger partial charge < -0.3 is 20.0 Å². The van der Waals surface area contributed by atoms with Crippen molar-refractivity contribution >= 4 is 5.91 Å². The molecule has 2 aliphatic rings. The van der Waals surface area contributed by atoms with Crippen molar-refractivity contribution < 1.29 is 4.79 Å².